The third-order valence-electron chi connectivity index (χ3n) is 2.36. The number of carbonyl (C=O) groups is 2. The van der Waals surface area contributed by atoms with Crippen molar-refractivity contribution in [1.82, 2.24) is 0 Å². The molecule has 19 heavy (non-hydrogen) atoms. The molecule has 1 rings (SSSR count). The summed E-state index contributed by atoms with van der Waals surface area (Å²) >= 11 is 0. The molecule has 1 unspecified atom stereocenters. The lowest BCUT2D eigenvalue weighted by Gasteiger charge is -2.13. The van der Waals surface area contributed by atoms with Gasteiger partial charge in [-0.1, -0.05) is 18.2 Å². The van der Waals surface area contributed by atoms with Crippen LogP contribution < -0.4 is 5.32 Å². The summed E-state index contributed by atoms with van der Waals surface area (Å²) in [5, 5.41) is 20.8. The van der Waals surface area contributed by atoms with Crippen molar-refractivity contribution in [3.05, 3.63) is 29.8 Å². The SMILES string of the molecule is CC(=O)OCC(=O)Nc1ccccc1CC(O)CO. The van der Waals surface area contributed by atoms with E-state index < -0.39 is 18.0 Å². The number of rotatable bonds is 6. The van der Waals surface area contributed by atoms with Gasteiger partial charge in [0.15, 0.2) is 6.61 Å². The van der Waals surface area contributed by atoms with Crippen molar-refractivity contribution in [2.75, 3.05) is 18.5 Å². The highest BCUT2D eigenvalue weighted by molar-refractivity contribution is 5.93. The lowest BCUT2D eigenvalue weighted by atomic mass is 10.1. The minimum Gasteiger partial charge on any atom is -0.456 e. The van der Waals surface area contributed by atoms with Crippen molar-refractivity contribution in [2.45, 2.75) is 19.4 Å². The number of aliphatic hydroxyl groups is 2. The first kappa shape index (κ1) is 15.1. The number of hydrogen-bond donors (Lipinski definition) is 3. The molecule has 104 valence electrons. The largest absolute Gasteiger partial charge is 0.456 e. The molecule has 3 N–H and O–H groups in total. The minimum atomic E-state index is -0.883. The fraction of sp³-hybridized carbons (Fsp3) is 0.385. The van der Waals surface area contributed by atoms with Crippen LogP contribution in [0.5, 0.6) is 0 Å². The Balaban J connectivity index is 2.66. The highest BCUT2D eigenvalue weighted by Gasteiger charge is 2.11. The van der Waals surface area contributed by atoms with Crippen LogP contribution in [0.4, 0.5) is 5.69 Å². The van der Waals surface area contributed by atoms with Crippen molar-refractivity contribution in [3.63, 3.8) is 0 Å². The third kappa shape index (κ3) is 5.50. The number of amides is 1. The summed E-state index contributed by atoms with van der Waals surface area (Å²) in [6.45, 7) is 0.515. The summed E-state index contributed by atoms with van der Waals surface area (Å²) < 4.78 is 4.58. The molecule has 1 aromatic carbocycles. The van der Waals surface area contributed by atoms with Crippen LogP contribution in [-0.2, 0) is 20.7 Å². The highest BCUT2D eigenvalue weighted by Crippen LogP contribution is 2.16. The number of hydrogen-bond acceptors (Lipinski definition) is 5. The first-order valence-corrected chi connectivity index (χ1v) is 5.83. The predicted octanol–water partition coefficient (Wildman–Crippen LogP) is 0.0839. The normalized spacial score (nSPS) is 11.7. The number of benzene rings is 1. The number of ether oxygens (including phenoxy) is 1. The first-order valence-electron chi connectivity index (χ1n) is 5.83. The molecule has 0 fully saturated rings. The van der Waals surface area contributed by atoms with Crippen LogP contribution in [0.2, 0.25) is 0 Å². The van der Waals surface area contributed by atoms with E-state index in [4.69, 9.17) is 5.11 Å². The quantitative estimate of drug-likeness (QED) is 0.635. The van der Waals surface area contributed by atoms with Gasteiger partial charge in [-0.3, -0.25) is 9.59 Å². The predicted molar refractivity (Wildman–Crippen MR) is 68.5 cm³/mol. The second-order valence-electron chi connectivity index (χ2n) is 4.03. The molecule has 0 heterocycles. The molecule has 0 spiro atoms. The molecule has 0 aliphatic heterocycles. The molecule has 0 aromatic heterocycles. The second-order valence-corrected chi connectivity index (χ2v) is 4.03. The summed E-state index contributed by atoms with van der Waals surface area (Å²) in [5.74, 6) is -0.986. The zero-order chi connectivity index (χ0) is 14.3. The Morgan fingerprint density at radius 3 is 2.68 bits per heavy atom. The topological polar surface area (TPSA) is 95.9 Å². The second kappa shape index (κ2) is 7.50. The van der Waals surface area contributed by atoms with Gasteiger partial charge in [0.05, 0.1) is 12.7 Å². The molecule has 6 heteroatoms. The smallest absolute Gasteiger partial charge is 0.303 e. The number of esters is 1. The molecular weight excluding hydrogens is 250 g/mol. The molecular formula is C13H17NO5. The van der Waals surface area contributed by atoms with Gasteiger partial charge < -0.3 is 20.3 Å². The van der Waals surface area contributed by atoms with Crippen molar-refractivity contribution < 1.29 is 24.5 Å². The highest BCUT2D eigenvalue weighted by atomic mass is 16.5. The van der Waals surface area contributed by atoms with Gasteiger partial charge in [0.2, 0.25) is 0 Å². The van der Waals surface area contributed by atoms with Gasteiger partial charge in [0.1, 0.15) is 0 Å². The van der Waals surface area contributed by atoms with Crippen LogP contribution in [-0.4, -0.2) is 41.4 Å². The Labute approximate surface area is 111 Å². The van der Waals surface area contributed by atoms with E-state index in [9.17, 15) is 14.7 Å². The van der Waals surface area contributed by atoms with Gasteiger partial charge in [0.25, 0.3) is 5.91 Å². The lowest BCUT2D eigenvalue weighted by Crippen LogP contribution is -2.22. The van der Waals surface area contributed by atoms with Crippen LogP contribution >= 0.6 is 0 Å². The van der Waals surface area contributed by atoms with Gasteiger partial charge in [0, 0.05) is 19.0 Å². The van der Waals surface area contributed by atoms with Crippen LogP contribution in [0.1, 0.15) is 12.5 Å². The molecule has 0 radical (unpaired) electrons. The zero-order valence-electron chi connectivity index (χ0n) is 10.6. The molecule has 0 aliphatic carbocycles. The fourth-order valence-electron chi connectivity index (χ4n) is 1.49. The molecule has 0 saturated carbocycles. The summed E-state index contributed by atoms with van der Waals surface area (Å²) in [4.78, 5) is 22.1. The maximum absolute atomic E-state index is 11.5. The molecule has 6 nitrogen and oxygen atoms in total. The Morgan fingerprint density at radius 1 is 1.37 bits per heavy atom. The van der Waals surface area contributed by atoms with Gasteiger partial charge in [-0.05, 0) is 11.6 Å². The van der Waals surface area contributed by atoms with Crippen molar-refractivity contribution in [1.29, 1.82) is 0 Å². The number of aliphatic hydroxyl groups excluding tert-OH is 2. The Kier molecular flexibility index (Phi) is 5.98. The average molecular weight is 267 g/mol. The van der Waals surface area contributed by atoms with E-state index in [0.29, 0.717) is 11.3 Å². The van der Waals surface area contributed by atoms with E-state index in [1.807, 2.05) is 0 Å². The average Bonchev–Trinajstić information content (AvgIpc) is 2.38. The Bertz CT molecular complexity index is 446. The van der Waals surface area contributed by atoms with E-state index in [1.54, 1.807) is 24.3 Å². The van der Waals surface area contributed by atoms with Crippen LogP contribution in [0.15, 0.2) is 24.3 Å². The van der Waals surface area contributed by atoms with Gasteiger partial charge in [-0.25, -0.2) is 0 Å². The van der Waals surface area contributed by atoms with E-state index >= 15 is 0 Å². The number of anilines is 1. The molecule has 1 aromatic rings. The monoisotopic (exact) mass is 267 g/mol. The zero-order valence-corrected chi connectivity index (χ0v) is 10.6. The summed E-state index contributed by atoms with van der Waals surface area (Å²) in [6, 6.07) is 6.91. The van der Waals surface area contributed by atoms with Crippen molar-refractivity contribution in [2.24, 2.45) is 0 Å². The van der Waals surface area contributed by atoms with E-state index in [2.05, 4.69) is 10.1 Å². The maximum Gasteiger partial charge on any atom is 0.303 e. The summed E-state index contributed by atoms with van der Waals surface area (Å²) in [6.07, 6.45) is -0.660. The van der Waals surface area contributed by atoms with Crippen molar-refractivity contribution >= 4 is 17.6 Å². The standard InChI is InChI=1S/C13H17NO5/c1-9(16)19-8-13(18)14-12-5-3-2-4-10(12)6-11(17)7-15/h2-5,11,15,17H,6-8H2,1H3,(H,14,18). The van der Waals surface area contributed by atoms with Gasteiger partial charge >= 0.3 is 5.97 Å². The van der Waals surface area contributed by atoms with Crippen LogP contribution in [0.25, 0.3) is 0 Å². The Morgan fingerprint density at radius 2 is 2.05 bits per heavy atom. The summed E-state index contributed by atoms with van der Waals surface area (Å²) in [7, 11) is 0. The molecule has 0 aliphatic rings. The molecule has 0 saturated heterocycles. The first-order chi connectivity index (χ1) is 9.02. The van der Waals surface area contributed by atoms with E-state index in [1.165, 1.54) is 6.92 Å². The summed E-state index contributed by atoms with van der Waals surface area (Å²) in [5.41, 5.74) is 1.22. The number of nitrogens with one attached hydrogen (secondary N) is 1. The number of para-hydroxylation sites is 1. The van der Waals surface area contributed by atoms with Crippen molar-refractivity contribution in [3.8, 4) is 0 Å². The van der Waals surface area contributed by atoms with Gasteiger partial charge in [-0.15, -0.1) is 0 Å². The molecule has 0 bridgehead atoms. The van der Waals surface area contributed by atoms with E-state index in [0.717, 1.165) is 0 Å². The van der Waals surface area contributed by atoms with Crippen LogP contribution in [0.3, 0.4) is 0 Å². The molecule has 1 amide bonds. The maximum atomic E-state index is 11.5. The lowest BCUT2D eigenvalue weighted by molar-refractivity contribution is -0.144. The fourth-order valence-corrected chi connectivity index (χ4v) is 1.49. The van der Waals surface area contributed by atoms with E-state index in [-0.39, 0.29) is 19.6 Å². The third-order valence-corrected chi connectivity index (χ3v) is 2.36. The Hall–Kier alpha value is -1.92. The number of carbonyl (C=O) groups excluding carboxylic acids is 2. The van der Waals surface area contributed by atoms with Gasteiger partial charge in [-0.2, -0.15) is 0 Å². The minimum absolute atomic E-state index is 0.223. The molecule has 1 atom stereocenters. The van der Waals surface area contributed by atoms with Crippen LogP contribution in [0, 0.1) is 0 Å².